The van der Waals surface area contributed by atoms with Crippen LogP contribution < -0.4 is 5.32 Å². The van der Waals surface area contributed by atoms with Gasteiger partial charge in [-0.1, -0.05) is 12.1 Å². The highest BCUT2D eigenvalue weighted by Gasteiger charge is 2.06. The Hall–Kier alpha value is -1.88. The Morgan fingerprint density at radius 1 is 1.22 bits per heavy atom. The summed E-state index contributed by atoms with van der Waals surface area (Å²) >= 11 is 3.42. The van der Waals surface area contributed by atoms with Crippen LogP contribution in [0.2, 0.25) is 0 Å². The van der Waals surface area contributed by atoms with Gasteiger partial charge in [0.2, 0.25) is 0 Å². The molecule has 18 heavy (non-hydrogen) atoms. The van der Waals surface area contributed by atoms with E-state index in [0.717, 1.165) is 27.2 Å². The lowest BCUT2D eigenvalue weighted by Crippen LogP contribution is -1.89. The van der Waals surface area contributed by atoms with Gasteiger partial charge in [0.15, 0.2) is 11.5 Å². The molecular formula is C13H11BrN4. The molecule has 0 saturated heterocycles. The maximum Gasteiger partial charge on any atom is 0.182 e. The van der Waals surface area contributed by atoms with Crippen LogP contribution in [-0.4, -0.2) is 21.6 Å². The van der Waals surface area contributed by atoms with Gasteiger partial charge in [0.25, 0.3) is 0 Å². The Morgan fingerprint density at radius 2 is 2.11 bits per heavy atom. The highest BCUT2D eigenvalue weighted by atomic mass is 79.9. The highest BCUT2D eigenvalue weighted by Crippen LogP contribution is 2.20. The van der Waals surface area contributed by atoms with Gasteiger partial charge in [-0.2, -0.15) is 0 Å². The van der Waals surface area contributed by atoms with Gasteiger partial charge in [-0.25, -0.2) is 9.50 Å². The van der Waals surface area contributed by atoms with Crippen molar-refractivity contribution in [2.75, 3.05) is 12.4 Å². The average molecular weight is 303 g/mol. The van der Waals surface area contributed by atoms with E-state index in [0.29, 0.717) is 0 Å². The van der Waals surface area contributed by atoms with Crippen molar-refractivity contribution in [2.45, 2.75) is 0 Å². The molecule has 0 atom stereocenters. The minimum Gasteiger partial charge on any atom is -0.388 e. The molecule has 0 aliphatic rings. The fourth-order valence-electron chi connectivity index (χ4n) is 1.79. The van der Waals surface area contributed by atoms with Gasteiger partial charge in [-0.05, 0) is 40.2 Å². The first-order valence-corrected chi connectivity index (χ1v) is 6.36. The summed E-state index contributed by atoms with van der Waals surface area (Å²) in [5.74, 6) is 0.727. The molecule has 3 rings (SSSR count). The first kappa shape index (κ1) is 11.2. The fraction of sp³-hybridized carbons (Fsp3) is 0.0769. The Morgan fingerprint density at radius 3 is 2.94 bits per heavy atom. The van der Waals surface area contributed by atoms with Gasteiger partial charge in [0.1, 0.15) is 0 Å². The lowest BCUT2D eigenvalue weighted by Gasteiger charge is -2.00. The number of halogens is 1. The van der Waals surface area contributed by atoms with E-state index in [2.05, 4.69) is 31.3 Å². The van der Waals surface area contributed by atoms with Crippen molar-refractivity contribution >= 4 is 27.3 Å². The molecule has 90 valence electrons. The molecular weight excluding hydrogens is 292 g/mol. The highest BCUT2D eigenvalue weighted by molar-refractivity contribution is 9.10. The van der Waals surface area contributed by atoms with E-state index in [1.54, 1.807) is 4.52 Å². The molecule has 1 N–H and O–H groups in total. The van der Waals surface area contributed by atoms with Gasteiger partial charge in [-0.3, -0.25) is 0 Å². The van der Waals surface area contributed by atoms with E-state index in [-0.39, 0.29) is 0 Å². The molecule has 0 amide bonds. The summed E-state index contributed by atoms with van der Waals surface area (Å²) < 4.78 is 2.75. The van der Waals surface area contributed by atoms with Gasteiger partial charge in [0.05, 0.1) is 0 Å². The third-order valence-electron chi connectivity index (χ3n) is 2.70. The molecule has 0 spiro atoms. The van der Waals surface area contributed by atoms with E-state index in [1.165, 1.54) is 0 Å². The van der Waals surface area contributed by atoms with Crippen LogP contribution in [-0.2, 0) is 0 Å². The molecule has 1 aromatic carbocycles. The van der Waals surface area contributed by atoms with Crippen molar-refractivity contribution in [2.24, 2.45) is 0 Å². The van der Waals surface area contributed by atoms with Gasteiger partial charge in [-0.15, -0.1) is 5.10 Å². The zero-order chi connectivity index (χ0) is 12.5. The number of nitrogens with zero attached hydrogens (tertiary/aromatic N) is 3. The van der Waals surface area contributed by atoms with Crippen LogP contribution in [0.25, 0.3) is 17.0 Å². The first-order chi connectivity index (χ1) is 8.76. The summed E-state index contributed by atoms with van der Waals surface area (Å²) in [4.78, 5) is 4.50. The molecule has 0 radical (unpaired) electrons. The van der Waals surface area contributed by atoms with Gasteiger partial charge >= 0.3 is 0 Å². The van der Waals surface area contributed by atoms with E-state index in [1.807, 2.05) is 49.6 Å². The van der Waals surface area contributed by atoms with Gasteiger partial charge in [0, 0.05) is 29.0 Å². The third kappa shape index (κ3) is 1.97. The van der Waals surface area contributed by atoms with E-state index >= 15 is 0 Å². The molecule has 0 saturated carbocycles. The molecule has 0 unspecified atom stereocenters. The fourth-order valence-corrected chi connectivity index (χ4v) is 2.12. The van der Waals surface area contributed by atoms with E-state index in [4.69, 9.17) is 0 Å². The first-order valence-electron chi connectivity index (χ1n) is 5.56. The second kappa shape index (κ2) is 4.42. The predicted molar refractivity (Wildman–Crippen MR) is 75.7 cm³/mol. The normalized spacial score (nSPS) is 10.8. The largest absolute Gasteiger partial charge is 0.388 e. The molecule has 2 heterocycles. The lowest BCUT2D eigenvalue weighted by atomic mass is 10.2. The summed E-state index contributed by atoms with van der Waals surface area (Å²) in [7, 11) is 1.90. The van der Waals surface area contributed by atoms with Crippen molar-refractivity contribution in [1.82, 2.24) is 14.6 Å². The second-order valence-corrected chi connectivity index (χ2v) is 4.83. The van der Waals surface area contributed by atoms with E-state index < -0.39 is 0 Å². The SMILES string of the molecule is CNc1cccc(-c2nc3ccc(Br)cn3n2)c1. The van der Waals surface area contributed by atoms with Crippen molar-refractivity contribution in [3.8, 4) is 11.4 Å². The maximum absolute atomic E-state index is 4.50. The number of rotatable bonds is 2. The van der Waals surface area contributed by atoms with Crippen LogP contribution in [0.15, 0.2) is 47.1 Å². The second-order valence-electron chi connectivity index (χ2n) is 3.92. The minimum absolute atomic E-state index is 0.727. The van der Waals surface area contributed by atoms with Crippen molar-refractivity contribution in [1.29, 1.82) is 0 Å². The zero-order valence-electron chi connectivity index (χ0n) is 9.76. The summed E-state index contributed by atoms with van der Waals surface area (Å²) in [6.07, 6.45) is 1.90. The van der Waals surface area contributed by atoms with E-state index in [9.17, 15) is 0 Å². The number of aromatic nitrogens is 3. The van der Waals surface area contributed by atoms with Gasteiger partial charge < -0.3 is 5.32 Å². The number of hydrogen-bond donors (Lipinski definition) is 1. The monoisotopic (exact) mass is 302 g/mol. The summed E-state index contributed by atoms with van der Waals surface area (Å²) in [6, 6.07) is 11.9. The molecule has 0 bridgehead atoms. The van der Waals surface area contributed by atoms with Crippen molar-refractivity contribution in [3.63, 3.8) is 0 Å². The number of hydrogen-bond acceptors (Lipinski definition) is 3. The Kier molecular flexibility index (Phi) is 2.76. The summed E-state index contributed by atoms with van der Waals surface area (Å²) in [6.45, 7) is 0. The van der Waals surface area contributed by atoms with Crippen LogP contribution in [0.5, 0.6) is 0 Å². The Bertz CT molecular complexity index is 705. The van der Waals surface area contributed by atoms with Crippen LogP contribution in [0, 0.1) is 0 Å². The lowest BCUT2D eigenvalue weighted by molar-refractivity contribution is 0.961. The standard InChI is InChI=1S/C13H11BrN4/c1-15-11-4-2-3-9(7-11)13-16-12-6-5-10(14)8-18(12)17-13/h2-8,15H,1H3. The molecule has 5 heteroatoms. The van der Waals surface area contributed by atoms with Crippen LogP contribution in [0.3, 0.4) is 0 Å². The third-order valence-corrected chi connectivity index (χ3v) is 3.17. The number of anilines is 1. The molecule has 2 aromatic heterocycles. The van der Waals surface area contributed by atoms with Crippen molar-refractivity contribution < 1.29 is 0 Å². The Labute approximate surface area is 113 Å². The molecule has 4 nitrogen and oxygen atoms in total. The summed E-state index contributed by atoms with van der Waals surface area (Å²) in [5.41, 5.74) is 2.89. The predicted octanol–water partition coefficient (Wildman–Crippen LogP) is 3.20. The number of pyridine rings is 1. The van der Waals surface area contributed by atoms with Crippen LogP contribution >= 0.6 is 15.9 Å². The minimum atomic E-state index is 0.727. The Balaban J connectivity index is 2.13. The average Bonchev–Trinajstić information content (AvgIpc) is 2.81. The summed E-state index contributed by atoms with van der Waals surface area (Å²) in [5, 5.41) is 7.58. The molecule has 0 aliphatic carbocycles. The quantitative estimate of drug-likeness (QED) is 0.790. The molecule has 0 aliphatic heterocycles. The number of fused-ring (bicyclic) bond motifs is 1. The van der Waals surface area contributed by atoms with Crippen molar-refractivity contribution in [3.05, 3.63) is 47.1 Å². The number of nitrogens with one attached hydrogen (secondary N) is 1. The van der Waals surface area contributed by atoms with Crippen LogP contribution in [0.4, 0.5) is 5.69 Å². The molecule has 3 aromatic rings. The maximum atomic E-state index is 4.50. The smallest absolute Gasteiger partial charge is 0.182 e. The number of benzene rings is 1. The van der Waals surface area contributed by atoms with Crippen LogP contribution in [0.1, 0.15) is 0 Å². The topological polar surface area (TPSA) is 42.2 Å². The zero-order valence-corrected chi connectivity index (χ0v) is 11.3. The molecule has 0 fully saturated rings.